The van der Waals surface area contributed by atoms with Gasteiger partial charge in [-0.2, -0.15) is 17.7 Å². The summed E-state index contributed by atoms with van der Waals surface area (Å²) in [6, 6.07) is 4.16. The molecule has 0 radical (unpaired) electrons. The first kappa shape index (κ1) is 12.0. The maximum Gasteiger partial charge on any atom is 0.477 e. The van der Waals surface area contributed by atoms with Crippen LogP contribution in [-0.2, 0) is 12.7 Å². The molecular formula is C11H15F3N+. The fourth-order valence-corrected chi connectivity index (χ4v) is 1.46. The number of unbranched alkanes of at least 4 members (excludes halogenated alkanes) is 2. The number of hydrogen-bond acceptors (Lipinski definition) is 0. The molecule has 1 rings (SSSR count). The minimum Gasteiger partial charge on any atom is -0.195 e. The smallest absolute Gasteiger partial charge is 0.195 e. The van der Waals surface area contributed by atoms with Crippen LogP contribution in [0.25, 0.3) is 0 Å². The molecular weight excluding hydrogens is 203 g/mol. The molecule has 0 atom stereocenters. The molecule has 0 saturated carbocycles. The maximum atomic E-state index is 12.5. The number of halogens is 3. The van der Waals surface area contributed by atoms with E-state index in [1.54, 1.807) is 6.07 Å². The standard InChI is InChI=1S/C11H15F3N/c1-2-3-5-8-15-9-6-4-7-10(15)11(12,13)14/h4,6-7,9H,2-3,5,8H2,1H3/q+1. The maximum absolute atomic E-state index is 12.5. The highest BCUT2D eigenvalue weighted by Gasteiger charge is 2.40. The third-order valence-corrected chi connectivity index (χ3v) is 2.23. The van der Waals surface area contributed by atoms with Crippen molar-refractivity contribution in [2.45, 2.75) is 38.9 Å². The zero-order valence-corrected chi connectivity index (χ0v) is 8.72. The van der Waals surface area contributed by atoms with Gasteiger partial charge in [0.1, 0.15) is 6.54 Å². The molecule has 1 aromatic heterocycles. The van der Waals surface area contributed by atoms with Crippen LogP contribution in [0.1, 0.15) is 31.9 Å². The van der Waals surface area contributed by atoms with Crippen LogP contribution in [0.2, 0.25) is 0 Å². The average molecular weight is 218 g/mol. The Kier molecular flexibility index (Phi) is 4.12. The van der Waals surface area contributed by atoms with Gasteiger partial charge in [-0.25, -0.2) is 0 Å². The van der Waals surface area contributed by atoms with Crippen LogP contribution >= 0.6 is 0 Å². The fourth-order valence-electron chi connectivity index (χ4n) is 1.46. The van der Waals surface area contributed by atoms with Gasteiger partial charge in [0, 0.05) is 18.6 Å². The Morgan fingerprint density at radius 2 is 1.93 bits per heavy atom. The summed E-state index contributed by atoms with van der Waals surface area (Å²) in [7, 11) is 0. The largest absolute Gasteiger partial charge is 0.477 e. The Bertz CT molecular complexity index is 307. The van der Waals surface area contributed by atoms with Gasteiger partial charge >= 0.3 is 6.18 Å². The van der Waals surface area contributed by atoms with E-state index in [2.05, 4.69) is 0 Å². The van der Waals surface area contributed by atoms with Gasteiger partial charge in [-0.1, -0.05) is 13.3 Å². The van der Waals surface area contributed by atoms with E-state index in [1.807, 2.05) is 6.92 Å². The molecule has 1 heterocycles. The van der Waals surface area contributed by atoms with Crippen molar-refractivity contribution in [3.05, 3.63) is 30.1 Å². The second-order valence-corrected chi connectivity index (χ2v) is 3.48. The molecule has 0 unspecified atom stereocenters. The predicted octanol–water partition coefficient (Wildman–Crippen LogP) is 3.18. The van der Waals surface area contributed by atoms with E-state index in [0.717, 1.165) is 25.3 Å². The summed E-state index contributed by atoms with van der Waals surface area (Å²) < 4.78 is 38.9. The number of rotatable bonds is 4. The monoisotopic (exact) mass is 218 g/mol. The van der Waals surface area contributed by atoms with Crippen LogP contribution in [0, 0.1) is 0 Å². The highest BCUT2D eigenvalue weighted by Crippen LogP contribution is 2.26. The van der Waals surface area contributed by atoms with E-state index in [1.165, 1.54) is 16.8 Å². The van der Waals surface area contributed by atoms with Gasteiger partial charge in [-0.05, 0) is 12.5 Å². The van der Waals surface area contributed by atoms with E-state index in [0.29, 0.717) is 6.54 Å². The lowest BCUT2D eigenvalue weighted by Gasteiger charge is -2.06. The molecule has 0 aliphatic heterocycles. The number of aryl methyl sites for hydroxylation is 1. The zero-order valence-electron chi connectivity index (χ0n) is 8.72. The first-order chi connectivity index (χ1) is 7.05. The highest BCUT2D eigenvalue weighted by atomic mass is 19.4. The quantitative estimate of drug-likeness (QED) is 0.539. The van der Waals surface area contributed by atoms with Crippen LogP contribution in [0.15, 0.2) is 24.4 Å². The molecule has 0 N–H and O–H groups in total. The first-order valence-electron chi connectivity index (χ1n) is 5.11. The van der Waals surface area contributed by atoms with Crippen molar-refractivity contribution in [2.24, 2.45) is 0 Å². The Hall–Kier alpha value is -1.06. The Balaban J connectivity index is 2.78. The van der Waals surface area contributed by atoms with Crippen LogP contribution in [0.4, 0.5) is 13.2 Å². The lowest BCUT2D eigenvalue weighted by Crippen LogP contribution is -2.41. The van der Waals surface area contributed by atoms with Crippen molar-refractivity contribution in [2.75, 3.05) is 0 Å². The van der Waals surface area contributed by atoms with E-state index >= 15 is 0 Å². The van der Waals surface area contributed by atoms with Gasteiger partial charge < -0.3 is 0 Å². The predicted molar refractivity (Wildman–Crippen MR) is 51.2 cm³/mol. The third-order valence-electron chi connectivity index (χ3n) is 2.23. The van der Waals surface area contributed by atoms with Gasteiger partial charge in [0.05, 0.1) is 0 Å². The van der Waals surface area contributed by atoms with Crippen LogP contribution in [-0.4, -0.2) is 0 Å². The average Bonchev–Trinajstić information content (AvgIpc) is 2.17. The zero-order chi connectivity index (χ0) is 11.3. The topological polar surface area (TPSA) is 3.88 Å². The van der Waals surface area contributed by atoms with E-state index in [9.17, 15) is 13.2 Å². The van der Waals surface area contributed by atoms with Gasteiger partial charge in [-0.15, -0.1) is 0 Å². The molecule has 0 fully saturated rings. The number of nitrogens with zero attached hydrogens (tertiary/aromatic N) is 1. The second kappa shape index (κ2) is 5.14. The molecule has 1 nitrogen and oxygen atoms in total. The number of hydrogen-bond donors (Lipinski definition) is 0. The number of alkyl halides is 3. The normalized spacial score (nSPS) is 11.7. The first-order valence-corrected chi connectivity index (χ1v) is 5.11. The Morgan fingerprint density at radius 1 is 1.20 bits per heavy atom. The van der Waals surface area contributed by atoms with E-state index < -0.39 is 11.9 Å². The van der Waals surface area contributed by atoms with Crippen molar-refractivity contribution >= 4 is 0 Å². The third kappa shape index (κ3) is 3.53. The van der Waals surface area contributed by atoms with E-state index in [-0.39, 0.29) is 0 Å². The summed E-state index contributed by atoms with van der Waals surface area (Å²) in [5, 5.41) is 0. The van der Waals surface area contributed by atoms with Gasteiger partial charge in [-0.3, -0.25) is 0 Å². The SMILES string of the molecule is CCCCC[n+]1ccccc1C(F)(F)F. The fraction of sp³-hybridized carbons (Fsp3) is 0.545. The lowest BCUT2D eigenvalue weighted by atomic mass is 10.2. The van der Waals surface area contributed by atoms with Crippen molar-refractivity contribution in [3.63, 3.8) is 0 Å². The summed E-state index contributed by atoms with van der Waals surface area (Å²) in [6.45, 7) is 2.46. The molecule has 1 aromatic rings. The van der Waals surface area contributed by atoms with Crippen LogP contribution in [0.3, 0.4) is 0 Å². The lowest BCUT2D eigenvalue weighted by molar-refractivity contribution is -0.715. The number of pyridine rings is 1. The number of aromatic nitrogens is 1. The van der Waals surface area contributed by atoms with Crippen LogP contribution in [0.5, 0.6) is 0 Å². The summed E-state index contributed by atoms with van der Waals surface area (Å²) in [5.74, 6) is 0. The van der Waals surface area contributed by atoms with Gasteiger partial charge in [0.2, 0.25) is 0 Å². The van der Waals surface area contributed by atoms with Gasteiger partial charge in [0.15, 0.2) is 6.20 Å². The van der Waals surface area contributed by atoms with Crippen molar-refractivity contribution in [1.29, 1.82) is 0 Å². The molecule has 0 spiro atoms. The Morgan fingerprint density at radius 3 is 2.53 bits per heavy atom. The summed E-state index contributed by atoms with van der Waals surface area (Å²) in [6.07, 6.45) is -0.0197. The van der Waals surface area contributed by atoms with Crippen molar-refractivity contribution < 1.29 is 17.7 Å². The molecule has 0 saturated heterocycles. The van der Waals surface area contributed by atoms with Crippen molar-refractivity contribution in [1.82, 2.24) is 0 Å². The molecule has 0 aromatic carbocycles. The molecule has 0 amide bonds. The minimum atomic E-state index is -4.26. The Labute approximate surface area is 87.5 Å². The summed E-state index contributed by atoms with van der Waals surface area (Å²) >= 11 is 0. The minimum absolute atomic E-state index is 0.434. The highest BCUT2D eigenvalue weighted by molar-refractivity contribution is 5.00. The summed E-state index contributed by atoms with van der Waals surface area (Å²) in [4.78, 5) is 0. The summed E-state index contributed by atoms with van der Waals surface area (Å²) in [5.41, 5.74) is -0.568. The molecule has 0 aliphatic rings. The molecule has 15 heavy (non-hydrogen) atoms. The molecule has 0 bridgehead atoms. The molecule has 0 aliphatic carbocycles. The van der Waals surface area contributed by atoms with Crippen LogP contribution < -0.4 is 4.57 Å². The second-order valence-electron chi connectivity index (χ2n) is 3.48. The molecule has 4 heteroatoms. The molecule has 84 valence electrons. The van der Waals surface area contributed by atoms with E-state index in [4.69, 9.17) is 0 Å². The van der Waals surface area contributed by atoms with Gasteiger partial charge in [0.25, 0.3) is 5.69 Å². The van der Waals surface area contributed by atoms with Crippen molar-refractivity contribution in [3.8, 4) is 0 Å².